The van der Waals surface area contributed by atoms with Crippen molar-refractivity contribution in [3.05, 3.63) is 65.1 Å². The summed E-state index contributed by atoms with van der Waals surface area (Å²) < 4.78 is 5.04. The lowest BCUT2D eigenvalue weighted by atomic mass is 9.94. The summed E-state index contributed by atoms with van der Waals surface area (Å²) in [5.41, 5.74) is 2.99. The Morgan fingerprint density at radius 1 is 1.24 bits per heavy atom. The Kier molecular flexibility index (Phi) is 3.85. The molecule has 2 aromatic heterocycles. The summed E-state index contributed by atoms with van der Waals surface area (Å²) in [5.74, 6) is -1.37. The van der Waals surface area contributed by atoms with E-state index < -0.39 is 12.0 Å². The molecule has 0 radical (unpaired) electrons. The molecule has 0 saturated carbocycles. The van der Waals surface area contributed by atoms with E-state index in [1.165, 1.54) is 16.2 Å². The monoisotopic (exact) mass is 354 g/mol. The molecular formula is C18H14N2O4S. The van der Waals surface area contributed by atoms with Gasteiger partial charge in [0.25, 0.3) is 5.91 Å². The van der Waals surface area contributed by atoms with Gasteiger partial charge in [-0.05, 0) is 17.2 Å². The molecule has 0 bridgehead atoms. The van der Waals surface area contributed by atoms with E-state index in [2.05, 4.69) is 4.98 Å². The van der Waals surface area contributed by atoms with Gasteiger partial charge in [-0.2, -0.15) is 0 Å². The third-order valence-electron chi connectivity index (χ3n) is 4.29. The first-order valence-corrected chi connectivity index (χ1v) is 8.60. The second-order valence-corrected chi connectivity index (χ2v) is 6.67. The highest BCUT2D eigenvalue weighted by molar-refractivity contribution is 7.13. The maximum absolute atomic E-state index is 12.9. The Labute approximate surface area is 147 Å². The van der Waals surface area contributed by atoms with Gasteiger partial charge in [0.05, 0.1) is 6.26 Å². The van der Waals surface area contributed by atoms with E-state index in [0.717, 1.165) is 16.7 Å². The van der Waals surface area contributed by atoms with Crippen molar-refractivity contribution in [3.8, 4) is 10.6 Å². The average molecular weight is 354 g/mol. The lowest BCUT2D eigenvalue weighted by molar-refractivity contribution is -0.142. The third-order valence-corrected chi connectivity index (χ3v) is 5.18. The summed E-state index contributed by atoms with van der Waals surface area (Å²) in [6, 6.07) is 8.49. The van der Waals surface area contributed by atoms with Gasteiger partial charge in [-0.25, -0.2) is 9.78 Å². The highest BCUT2D eigenvalue weighted by atomic mass is 32.1. The number of nitrogens with zero attached hydrogens (tertiary/aromatic N) is 2. The molecule has 3 heterocycles. The Balaban J connectivity index is 1.65. The summed E-state index contributed by atoms with van der Waals surface area (Å²) in [5, 5.41) is 11.9. The van der Waals surface area contributed by atoms with Crippen LogP contribution in [0, 0.1) is 0 Å². The van der Waals surface area contributed by atoms with Gasteiger partial charge in [-0.15, -0.1) is 11.3 Å². The minimum Gasteiger partial charge on any atom is -0.480 e. The van der Waals surface area contributed by atoms with Crippen molar-refractivity contribution in [2.75, 3.05) is 0 Å². The van der Waals surface area contributed by atoms with E-state index in [4.69, 9.17) is 4.42 Å². The van der Waals surface area contributed by atoms with Crippen LogP contribution in [-0.2, 0) is 17.8 Å². The Bertz CT molecular complexity index is 932. The summed E-state index contributed by atoms with van der Waals surface area (Å²) in [6.07, 6.45) is 3.40. The molecule has 0 aliphatic carbocycles. The summed E-state index contributed by atoms with van der Waals surface area (Å²) in [4.78, 5) is 30.3. The van der Waals surface area contributed by atoms with Gasteiger partial charge in [-0.1, -0.05) is 24.3 Å². The number of hydrogen-bond donors (Lipinski definition) is 1. The number of carboxylic acid groups (broad SMARTS) is 1. The van der Waals surface area contributed by atoms with Gasteiger partial charge < -0.3 is 14.4 Å². The number of aromatic nitrogens is 1. The molecular weight excluding hydrogens is 340 g/mol. The number of fused-ring (bicyclic) bond motifs is 1. The Morgan fingerprint density at radius 2 is 2.04 bits per heavy atom. The number of aliphatic carboxylic acids is 1. The fourth-order valence-electron chi connectivity index (χ4n) is 2.99. The lowest BCUT2D eigenvalue weighted by Gasteiger charge is -2.34. The zero-order chi connectivity index (χ0) is 17.4. The van der Waals surface area contributed by atoms with E-state index >= 15 is 0 Å². The molecule has 3 aromatic rings. The first-order valence-electron chi connectivity index (χ1n) is 7.72. The number of rotatable bonds is 3. The molecule has 0 saturated heterocycles. The van der Waals surface area contributed by atoms with Crippen LogP contribution in [0.2, 0.25) is 0 Å². The second-order valence-electron chi connectivity index (χ2n) is 5.81. The maximum atomic E-state index is 12.9. The van der Waals surface area contributed by atoms with Crippen LogP contribution in [0.5, 0.6) is 0 Å². The van der Waals surface area contributed by atoms with Gasteiger partial charge in [-0.3, -0.25) is 4.79 Å². The molecule has 0 unspecified atom stereocenters. The van der Waals surface area contributed by atoms with Crippen LogP contribution >= 0.6 is 11.3 Å². The third kappa shape index (κ3) is 2.83. The van der Waals surface area contributed by atoms with Gasteiger partial charge in [0.2, 0.25) is 0 Å². The predicted molar refractivity (Wildman–Crippen MR) is 91.3 cm³/mol. The van der Waals surface area contributed by atoms with Crippen molar-refractivity contribution in [2.24, 2.45) is 0 Å². The van der Waals surface area contributed by atoms with Crippen LogP contribution in [0.4, 0.5) is 0 Å². The smallest absolute Gasteiger partial charge is 0.326 e. The first kappa shape index (κ1) is 15.6. The number of carboxylic acids is 1. The molecule has 1 aliphatic rings. The van der Waals surface area contributed by atoms with E-state index in [0.29, 0.717) is 11.4 Å². The topological polar surface area (TPSA) is 83.6 Å². The number of carbonyl (C=O) groups is 2. The van der Waals surface area contributed by atoms with Gasteiger partial charge in [0.15, 0.2) is 0 Å². The molecule has 1 amide bonds. The summed E-state index contributed by atoms with van der Waals surface area (Å²) in [6.45, 7) is 0.268. The normalized spacial score (nSPS) is 16.5. The van der Waals surface area contributed by atoms with Crippen LogP contribution in [0.25, 0.3) is 10.6 Å². The average Bonchev–Trinajstić information content (AvgIpc) is 3.31. The highest BCUT2D eigenvalue weighted by Gasteiger charge is 2.35. The molecule has 1 aliphatic heterocycles. The van der Waals surface area contributed by atoms with Crippen LogP contribution in [0.3, 0.4) is 0 Å². The summed E-state index contributed by atoms with van der Waals surface area (Å²) >= 11 is 1.33. The number of amides is 1. The fraction of sp³-hybridized carbons (Fsp3) is 0.167. The quantitative estimate of drug-likeness (QED) is 0.781. The van der Waals surface area contributed by atoms with Crippen LogP contribution in [-0.4, -0.2) is 32.9 Å². The second kappa shape index (κ2) is 6.18. The van der Waals surface area contributed by atoms with E-state index in [1.807, 2.05) is 24.3 Å². The molecule has 6 nitrogen and oxygen atoms in total. The van der Waals surface area contributed by atoms with Crippen molar-refractivity contribution < 1.29 is 19.1 Å². The molecule has 126 valence electrons. The van der Waals surface area contributed by atoms with Crippen LogP contribution < -0.4 is 0 Å². The Morgan fingerprint density at radius 3 is 2.76 bits per heavy atom. The van der Waals surface area contributed by atoms with Crippen molar-refractivity contribution >= 4 is 23.2 Å². The zero-order valence-corrected chi connectivity index (χ0v) is 13.9. The van der Waals surface area contributed by atoms with Crippen molar-refractivity contribution in [2.45, 2.75) is 19.0 Å². The molecule has 7 heteroatoms. The van der Waals surface area contributed by atoms with Crippen LogP contribution in [0.1, 0.15) is 21.6 Å². The number of thiazole rings is 1. The van der Waals surface area contributed by atoms with Gasteiger partial charge in [0.1, 0.15) is 23.0 Å². The van der Waals surface area contributed by atoms with Crippen LogP contribution in [0.15, 0.2) is 52.7 Å². The van der Waals surface area contributed by atoms with Crippen molar-refractivity contribution in [1.82, 2.24) is 9.88 Å². The molecule has 0 spiro atoms. The van der Waals surface area contributed by atoms with Crippen molar-refractivity contribution in [3.63, 3.8) is 0 Å². The maximum Gasteiger partial charge on any atom is 0.326 e. The summed E-state index contributed by atoms with van der Waals surface area (Å²) in [7, 11) is 0. The van der Waals surface area contributed by atoms with Crippen molar-refractivity contribution in [1.29, 1.82) is 0 Å². The van der Waals surface area contributed by atoms with E-state index in [-0.39, 0.29) is 18.1 Å². The Hall–Kier alpha value is -2.93. The number of hydrogen-bond acceptors (Lipinski definition) is 5. The standard InChI is InChI=1S/C18H14N2O4S/c21-17(14-10-25-16(19-14)13-5-6-24-9-13)20-8-12-4-2-1-3-11(12)7-15(20)18(22)23/h1-6,9-10,15H,7-8H2,(H,22,23)/t15-/m1/s1. The van der Waals surface area contributed by atoms with E-state index in [1.54, 1.807) is 24.0 Å². The molecule has 25 heavy (non-hydrogen) atoms. The molecule has 1 aromatic carbocycles. The molecule has 1 N–H and O–H groups in total. The molecule has 4 rings (SSSR count). The number of furan rings is 1. The number of carbonyl (C=O) groups excluding carboxylic acids is 1. The van der Waals surface area contributed by atoms with Gasteiger partial charge in [0, 0.05) is 23.9 Å². The fourth-order valence-corrected chi connectivity index (χ4v) is 3.77. The number of benzene rings is 1. The first-order chi connectivity index (χ1) is 12.1. The molecule has 1 atom stereocenters. The predicted octanol–water partition coefficient (Wildman–Crippen LogP) is 3.05. The minimum atomic E-state index is -1.01. The SMILES string of the molecule is O=C(O)[C@H]1Cc2ccccc2CN1C(=O)c1csc(-c2ccoc2)n1. The highest BCUT2D eigenvalue weighted by Crippen LogP contribution is 2.28. The lowest BCUT2D eigenvalue weighted by Crippen LogP contribution is -2.48. The van der Waals surface area contributed by atoms with E-state index in [9.17, 15) is 14.7 Å². The molecule has 0 fully saturated rings. The largest absolute Gasteiger partial charge is 0.480 e. The zero-order valence-electron chi connectivity index (χ0n) is 13.1. The van der Waals surface area contributed by atoms with Gasteiger partial charge >= 0.3 is 5.97 Å². The minimum absolute atomic E-state index is 0.256.